The summed E-state index contributed by atoms with van der Waals surface area (Å²) in [5, 5.41) is 0.177. The SMILES string of the molecule is COc1nc(Cl)nc(N2CCC(C)C2)n1. The molecule has 1 aromatic rings. The van der Waals surface area contributed by atoms with E-state index >= 15 is 0 Å². The van der Waals surface area contributed by atoms with Gasteiger partial charge in [-0.3, -0.25) is 0 Å². The molecule has 0 bridgehead atoms. The molecule has 1 aliphatic rings. The van der Waals surface area contributed by atoms with Crippen LogP contribution in [-0.4, -0.2) is 35.2 Å². The Balaban J connectivity index is 2.24. The van der Waals surface area contributed by atoms with Crippen molar-refractivity contribution in [3.05, 3.63) is 5.28 Å². The number of ether oxygens (including phenoxy) is 1. The van der Waals surface area contributed by atoms with Gasteiger partial charge in [0.05, 0.1) is 7.11 Å². The highest BCUT2D eigenvalue weighted by molar-refractivity contribution is 6.28. The highest BCUT2D eigenvalue weighted by atomic mass is 35.5. The third-order valence-corrected chi connectivity index (χ3v) is 2.63. The summed E-state index contributed by atoms with van der Waals surface area (Å²) in [4.78, 5) is 14.2. The van der Waals surface area contributed by atoms with Gasteiger partial charge in [-0.1, -0.05) is 6.92 Å². The summed E-state index contributed by atoms with van der Waals surface area (Å²) >= 11 is 5.77. The number of aromatic nitrogens is 3. The fourth-order valence-electron chi connectivity index (χ4n) is 1.67. The van der Waals surface area contributed by atoms with Crippen molar-refractivity contribution < 1.29 is 4.74 Å². The van der Waals surface area contributed by atoms with Gasteiger partial charge in [0.15, 0.2) is 0 Å². The first-order chi connectivity index (χ1) is 7.19. The molecule has 1 unspecified atom stereocenters. The number of rotatable bonds is 2. The third kappa shape index (κ3) is 2.28. The Bertz CT molecular complexity index is 360. The zero-order valence-electron chi connectivity index (χ0n) is 8.77. The van der Waals surface area contributed by atoms with Gasteiger partial charge >= 0.3 is 6.01 Å². The molecule has 1 atom stereocenters. The van der Waals surface area contributed by atoms with Gasteiger partial charge in [-0.25, -0.2) is 0 Å². The molecule has 0 N–H and O–H groups in total. The molecule has 2 rings (SSSR count). The van der Waals surface area contributed by atoms with Crippen LogP contribution in [0.15, 0.2) is 0 Å². The quantitative estimate of drug-likeness (QED) is 0.766. The van der Waals surface area contributed by atoms with Crippen LogP contribution in [0, 0.1) is 5.92 Å². The minimum Gasteiger partial charge on any atom is -0.467 e. The molecule has 1 aliphatic heterocycles. The van der Waals surface area contributed by atoms with Crippen LogP contribution in [0.1, 0.15) is 13.3 Å². The molecule has 0 amide bonds. The Morgan fingerprint density at radius 2 is 2.20 bits per heavy atom. The van der Waals surface area contributed by atoms with Crippen LogP contribution in [0.2, 0.25) is 5.28 Å². The predicted molar refractivity (Wildman–Crippen MR) is 57.4 cm³/mol. The topological polar surface area (TPSA) is 51.1 Å². The fraction of sp³-hybridized carbons (Fsp3) is 0.667. The second-order valence-corrected chi connectivity index (χ2v) is 4.07. The molecule has 1 fully saturated rings. The van der Waals surface area contributed by atoms with Crippen LogP contribution in [0.4, 0.5) is 5.95 Å². The van der Waals surface area contributed by atoms with Gasteiger partial charge in [0.2, 0.25) is 11.2 Å². The molecule has 0 aromatic carbocycles. The summed E-state index contributed by atoms with van der Waals surface area (Å²) in [6, 6.07) is 0.268. The van der Waals surface area contributed by atoms with Gasteiger partial charge in [-0.15, -0.1) is 0 Å². The summed E-state index contributed by atoms with van der Waals surface area (Å²) in [5.41, 5.74) is 0. The van der Waals surface area contributed by atoms with Crippen LogP contribution in [0.25, 0.3) is 0 Å². The Hall–Kier alpha value is -1.10. The molecular weight excluding hydrogens is 216 g/mol. The molecule has 15 heavy (non-hydrogen) atoms. The summed E-state index contributed by atoms with van der Waals surface area (Å²) in [7, 11) is 1.52. The lowest BCUT2D eigenvalue weighted by Gasteiger charge is -2.15. The standard InChI is InChI=1S/C9H13ClN4O/c1-6-3-4-14(5-6)8-11-7(10)12-9(13-8)15-2/h6H,3-5H2,1-2H3. The van der Waals surface area contributed by atoms with Gasteiger partial charge in [-0.2, -0.15) is 15.0 Å². The van der Waals surface area contributed by atoms with E-state index in [4.69, 9.17) is 16.3 Å². The molecule has 0 spiro atoms. The zero-order valence-corrected chi connectivity index (χ0v) is 9.53. The normalized spacial score (nSPS) is 20.7. The van der Waals surface area contributed by atoms with E-state index in [1.807, 2.05) is 0 Å². The van der Waals surface area contributed by atoms with Crippen LogP contribution in [0.3, 0.4) is 0 Å². The maximum absolute atomic E-state index is 5.77. The van der Waals surface area contributed by atoms with Crippen molar-refractivity contribution in [3.8, 4) is 6.01 Å². The maximum atomic E-state index is 5.77. The van der Waals surface area contributed by atoms with Crippen LogP contribution in [-0.2, 0) is 0 Å². The van der Waals surface area contributed by atoms with Gasteiger partial charge in [0.25, 0.3) is 0 Å². The van der Waals surface area contributed by atoms with Gasteiger partial charge in [0.1, 0.15) is 0 Å². The van der Waals surface area contributed by atoms with E-state index in [1.165, 1.54) is 7.11 Å². The highest BCUT2D eigenvalue weighted by Crippen LogP contribution is 2.22. The number of nitrogens with zero attached hydrogens (tertiary/aromatic N) is 4. The number of halogens is 1. The van der Waals surface area contributed by atoms with E-state index in [2.05, 4.69) is 26.8 Å². The van der Waals surface area contributed by atoms with Gasteiger partial charge in [-0.05, 0) is 23.9 Å². The monoisotopic (exact) mass is 228 g/mol. The second-order valence-electron chi connectivity index (χ2n) is 3.73. The molecule has 82 valence electrons. The largest absolute Gasteiger partial charge is 0.467 e. The van der Waals surface area contributed by atoms with Crippen molar-refractivity contribution in [2.24, 2.45) is 5.92 Å². The molecule has 5 nitrogen and oxygen atoms in total. The lowest BCUT2D eigenvalue weighted by atomic mass is 10.2. The molecule has 0 aliphatic carbocycles. The Labute approximate surface area is 93.5 Å². The molecule has 0 radical (unpaired) electrons. The van der Waals surface area contributed by atoms with Crippen LogP contribution >= 0.6 is 11.6 Å². The lowest BCUT2D eigenvalue weighted by molar-refractivity contribution is 0.378. The van der Waals surface area contributed by atoms with E-state index in [-0.39, 0.29) is 11.3 Å². The Kier molecular flexibility index (Phi) is 2.90. The minimum absolute atomic E-state index is 0.177. The van der Waals surface area contributed by atoms with Crippen molar-refractivity contribution in [2.75, 3.05) is 25.1 Å². The zero-order chi connectivity index (χ0) is 10.8. The van der Waals surface area contributed by atoms with Crippen molar-refractivity contribution in [1.82, 2.24) is 15.0 Å². The van der Waals surface area contributed by atoms with Crippen LogP contribution < -0.4 is 9.64 Å². The molecule has 1 saturated heterocycles. The fourth-order valence-corrected chi connectivity index (χ4v) is 1.82. The smallest absolute Gasteiger partial charge is 0.322 e. The summed E-state index contributed by atoms with van der Waals surface area (Å²) < 4.78 is 4.95. The first kappa shape index (κ1) is 10.4. The lowest BCUT2D eigenvalue weighted by Crippen LogP contribution is -2.22. The number of anilines is 1. The van der Waals surface area contributed by atoms with E-state index in [1.54, 1.807) is 0 Å². The molecule has 1 aromatic heterocycles. The van der Waals surface area contributed by atoms with Crippen LogP contribution in [0.5, 0.6) is 6.01 Å². The first-order valence-corrected chi connectivity index (χ1v) is 5.27. The summed E-state index contributed by atoms with van der Waals surface area (Å²) in [5.74, 6) is 1.28. The first-order valence-electron chi connectivity index (χ1n) is 4.89. The minimum atomic E-state index is 0.177. The Morgan fingerprint density at radius 3 is 2.80 bits per heavy atom. The summed E-state index contributed by atoms with van der Waals surface area (Å²) in [6.07, 6.45) is 1.16. The molecule has 6 heteroatoms. The molecule has 2 heterocycles. The maximum Gasteiger partial charge on any atom is 0.322 e. The summed E-state index contributed by atoms with van der Waals surface area (Å²) in [6.45, 7) is 4.13. The van der Waals surface area contributed by atoms with Crippen molar-refractivity contribution in [1.29, 1.82) is 0 Å². The molecular formula is C9H13ClN4O. The van der Waals surface area contributed by atoms with Gasteiger partial charge in [0, 0.05) is 13.1 Å². The number of hydrogen-bond acceptors (Lipinski definition) is 5. The number of methoxy groups -OCH3 is 1. The van der Waals surface area contributed by atoms with Crippen molar-refractivity contribution >= 4 is 17.5 Å². The van der Waals surface area contributed by atoms with Gasteiger partial charge < -0.3 is 9.64 Å². The van der Waals surface area contributed by atoms with E-state index < -0.39 is 0 Å². The average Bonchev–Trinajstić information content (AvgIpc) is 2.64. The predicted octanol–water partition coefficient (Wildman–Crippen LogP) is 1.38. The second kappa shape index (κ2) is 4.18. The Morgan fingerprint density at radius 1 is 1.40 bits per heavy atom. The van der Waals surface area contributed by atoms with E-state index in [0.717, 1.165) is 19.5 Å². The van der Waals surface area contributed by atoms with E-state index in [0.29, 0.717) is 11.9 Å². The third-order valence-electron chi connectivity index (χ3n) is 2.47. The highest BCUT2D eigenvalue weighted by Gasteiger charge is 2.22. The van der Waals surface area contributed by atoms with Crippen molar-refractivity contribution in [2.45, 2.75) is 13.3 Å². The van der Waals surface area contributed by atoms with Crippen molar-refractivity contribution in [3.63, 3.8) is 0 Å². The molecule has 0 saturated carbocycles. The van der Waals surface area contributed by atoms with E-state index in [9.17, 15) is 0 Å². The average molecular weight is 229 g/mol. The number of hydrogen-bond donors (Lipinski definition) is 0.